The Balaban J connectivity index is 1.38. The summed E-state index contributed by atoms with van der Waals surface area (Å²) < 4.78 is 5.71. The zero-order valence-corrected chi connectivity index (χ0v) is 13.1. The van der Waals surface area contributed by atoms with Gasteiger partial charge in [0, 0.05) is 35.4 Å². The highest BCUT2D eigenvalue weighted by molar-refractivity contribution is 5.94. The fourth-order valence-corrected chi connectivity index (χ4v) is 3.57. The van der Waals surface area contributed by atoms with Crippen LogP contribution in [0.1, 0.15) is 35.3 Å². The fourth-order valence-electron chi connectivity index (χ4n) is 3.57. The predicted molar refractivity (Wildman–Crippen MR) is 87.9 cm³/mol. The maximum absolute atomic E-state index is 12.4. The quantitative estimate of drug-likeness (QED) is 0.813. The average Bonchev–Trinajstić information content (AvgIpc) is 3.25. The number of carbonyl (C=O) groups is 1. The molecule has 0 radical (unpaired) electrons. The molecule has 1 amide bonds. The minimum Gasteiger partial charge on any atom is -0.441 e. The van der Waals surface area contributed by atoms with Gasteiger partial charge in [-0.25, -0.2) is 0 Å². The minimum absolute atomic E-state index is 0.00776. The van der Waals surface area contributed by atoms with Gasteiger partial charge in [-0.3, -0.25) is 4.79 Å². The van der Waals surface area contributed by atoms with Gasteiger partial charge < -0.3 is 20.4 Å². The smallest absolute Gasteiger partial charge is 0.251 e. The number of ether oxygens (including phenoxy) is 1. The Morgan fingerprint density at radius 2 is 2.00 bits per heavy atom. The lowest BCUT2D eigenvalue weighted by Gasteiger charge is -2.21. The second kappa shape index (κ2) is 5.74. The zero-order valence-electron chi connectivity index (χ0n) is 13.1. The van der Waals surface area contributed by atoms with Crippen molar-refractivity contribution in [2.75, 3.05) is 0 Å². The molecule has 3 heterocycles. The van der Waals surface area contributed by atoms with Crippen molar-refractivity contribution in [1.29, 1.82) is 0 Å². The summed E-state index contributed by atoms with van der Waals surface area (Å²) in [5.41, 5.74) is 1.72. The van der Waals surface area contributed by atoms with Gasteiger partial charge in [0.1, 0.15) is 5.75 Å². The summed E-state index contributed by atoms with van der Waals surface area (Å²) in [5, 5.41) is 6.69. The second-order valence-electron chi connectivity index (χ2n) is 6.50. The van der Waals surface area contributed by atoms with Crippen LogP contribution in [0.5, 0.6) is 11.6 Å². The standard InChI is InChI=1S/C18H21N3O2/c1-11-2-9-17(19-11)23-14-6-3-12(4-7-14)18(22)21-16-10-13-5-8-15(16)20-13/h2-4,6-7,9,13,15-16,19-20H,5,8,10H2,1H3,(H,21,22)/t13-,15+,16-/m1/s1. The molecule has 5 heteroatoms. The Bertz CT molecular complexity index is 707. The molecular formula is C18H21N3O2. The number of aromatic amines is 1. The van der Waals surface area contributed by atoms with Crippen molar-refractivity contribution in [3.8, 4) is 11.6 Å². The monoisotopic (exact) mass is 311 g/mol. The van der Waals surface area contributed by atoms with Gasteiger partial charge >= 0.3 is 0 Å². The first-order chi connectivity index (χ1) is 11.2. The van der Waals surface area contributed by atoms with E-state index in [1.165, 1.54) is 6.42 Å². The molecule has 0 aliphatic carbocycles. The van der Waals surface area contributed by atoms with Gasteiger partial charge in [-0.2, -0.15) is 0 Å². The van der Waals surface area contributed by atoms with E-state index in [0.717, 1.165) is 18.5 Å². The highest BCUT2D eigenvalue weighted by Crippen LogP contribution is 2.28. The zero-order chi connectivity index (χ0) is 15.8. The molecule has 4 rings (SSSR count). The van der Waals surface area contributed by atoms with Crippen LogP contribution in [-0.2, 0) is 0 Å². The molecule has 0 unspecified atom stereocenters. The van der Waals surface area contributed by atoms with Crippen molar-refractivity contribution >= 4 is 5.91 Å². The molecule has 2 bridgehead atoms. The number of hydrogen-bond donors (Lipinski definition) is 3. The molecule has 3 atom stereocenters. The van der Waals surface area contributed by atoms with Crippen LogP contribution >= 0.6 is 0 Å². The third kappa shape index (κ3) is 2.97. The molecule has 1 aromatic heterocycles. The van der Waals surface area contributed by atoms with Crippen LogP contribution in [-0.4, -0.2) is 29.0 Å². The first-order valence-electron chi connectivity index (χ1n) is 8.18. The lowest BCUT2D eigenvalue weighted by Crippen LogP contribution is -2.42. The van der Waals surface area contributed by atoms with Crippen LogP contribution in [0.2, 0.25) is 0 Å². The molecule has 1 aromatic carbocycles. The van der Waals surface area contributed by atoms with Crippen LogP contribution < -0.4 is 15.4 Å². The van der Waals surface area contributed by atoms with Crippen molar-refractivity contribution in [2.24, 2.45) is 0 Å². The topological polar surface area (TPSA) is 66.2 Å². The number of aromatic nitrogens is 1. The summed E-state index contributed by atoms with van der Waals surface area (Å²) in [6.45, 7) is 1.98. The van der Waals surface area contributed by atoms with E-state index in [0.29, 0.717) is 29.3 Å². The van der Waals surface area contributed by atoms with Gasteiger partial charge in [-0.05, 0) is 56.5 Å². The normalized spacial score (nSPS) is 25.5. The largest absolute Gasteiger partial charge is 0.441 e. The Hall–Kier alpha value is -2.27. The fraction of sp³-hybridized carbons (Fsp3) is 0.389. The average molecular weight is 311 g/mol. The molecule has 0 saturated carbocycles. The summed E-state index contributed by atoms with van der Waals surface area (Å²) in [5.74, 6) is 1.41. The molecule has 2 fully saturated rings. The second-order valence-corrected chi connectivity index (χ2v) is 6.50. The van der Waals surface area contributed by atoms with Crippen LogP contribution in [0, 0.1) is 6.92 Å². The van der Waals surface area contributed by atoms with E-state index in [1.807, 2.05) is 31.2 Å². The maximum Gasteiger partial charge on any atom is 0.251 e. The van der Waals surface area contributed by atoms with E-state index < -0.39 is 0 Å². The number of carbonyl (C=O) groups excluding carboxylic acids is 1. The lowest BCUT2D eigenvalue weighted by molar-refractivity contribution is 0.0931. The number of H-pyrrole nitrogens is 1. The number of fused-ring (bicyclic) bond motifs is 2. The number of amides is 1. The summed E-state index contributed by atoms with van der Waals surface area (Å²) in [6, 6.07) is 12.4. The Kier molecular flexibility index (Phi) is 3.58. The SMILES string of the molecule is Cc1ccc(Oc2ccc(C(=O)N[C@@H]3C[C@H]4CC[C@@H]3N4)cc2)[nH]1. The van der Waals surface area contributed by atoms with Gasteiger partial charge in [-0.1, -0.05) is 0 Å². The molecule has 5 nitrogen and oxygen atoms in total. The number of hydrogen-bond acceptors (Lipinski definition) is 3. The third-order valence-corrected chi connectivity index (χ3v) is 4.77. The van der Waals surface area contributed by atoms with Crippen molar-refractivity contribution in [3.63, 3.8) is 0 Å². The molecule has 2 aromatic rings. The predicted octanol–water partition coefficient (Wildman–Crippen LogP) is 2.74. The maximum atomic E-state index is 12.4. The summed E-state index contributed by atoms with van der Waals surface area (Å²) >= 11 is 0. The molecule has 2 saturated heterocycles. The molecule has 3 N–H and O–H groups in total. The van der Waals surface area contributed by atoms with Gasteiger partial charge in [0.05, 0.1) is 0 Å². The summed E-state index contributed by atoms with van der Waals surface area (Å²) in [7, 11) is 0. The Morgan fingerprint density at radius 1 is 1.17 bits per heavy atom. The number of aryl methyl sites for hydroxylation is 1. The molecule has 120 valence electrons. The van der Waals surface area contributed by atoms with Gasteiger partial charge in [0.2, 0.25) is 0 Å². The van der Waals surface area contributed by atoms with Gasteiger partial charge in [0.15, 0.2) is 5.88 Å². The van der Waals surface area contributed by atoms with E-state index in [1.54, 1.807) is 12.1 Å². The number of nitrogens with one attached hydrogen (secondary N) is 3. The van der Waals surface area contributed by atoms with Crippen LogP contribution in [0.15, 0.2) is 36.4 Å². The number of benzene rings is 1. The van der Waals surface area contributed by atoms with Crippen LogP contribution in [0.4, 0.5) is 0 Å². The molecule has 23 heavy (non-hydrogen) atoms. The van der Waals surface area contributed by atoms with Crippen molar-refractivity contribution in [2.45, 2.75) is 44.3 Å². The lowest BCUT2D eigenvalue weighted by atomic mass is 9.95. The van der Waals surface area contributed by atoms with E-state index in [-0.39, 0.29) is 11.9 Å². The Labute approximate surface area is 135 Å². The van der Waals surface area contributed by atoms with Crippen molar-refractivity contribution < 1.29 is 9.53 Å². The molecule has 2 aliphatic heterocycles. The number of rotatable bonds is 4. The minimum atomic E-state index is -0.00776. The summed E-state index contributed by atoms with van der Waals surface area (Å²) in [6.07, 6.45) is 3.45. The highest BCUT2D eigenvalue weighted by atomic mass is 16.5. The first kappa shape index (κ1) is 14.3. The van der Waals surface area contributed by atoms with Crippen LogP contribution in [0.25, 0.3) is 0 Å². The first-order valence-corrected chi connectivity index (χ1v) is 8.18. The molecule has 0 spiro atoms. The van der Waals surface area contributed by atoms with Crippen molar-refractivity contribution in [3.05, 3.63) is 47.7 Å². The van der Waals surface area contributed by atoms with E-state index in [9.17, 15) is 4.79 Å². The summed E-state index contributed by atoms with van der Waals surface area (Å²) in [4.78, 5) is 15.5. The molecular weight excluding hydrogens is 290 g/mol. The Morgan fingerprint density at radius 3 is 2.61 bits per heavy atom. The third-order valence-electron chi connectivity index (χ3n) is 4.77. The van der Waals surface area contributed by atoms with Gasteiger partial charge in [0.25, 0.3) is 5.91 Å². The van der Waals surface area contributed by atoms with E-state index in [4.69, 9.17) is 4.74 Å². The van der Waals surface area contributed by atoms with Crippen LogP contribution in [0.3, 0.4) is 0 Å². The van der Waals surface area contributed by atoms with E-state index >= 15 is 0 Å². The van der Waals surface area contributed by atoms with E-state index in [2.05, 4.69) is 15.6 Å². The highest BCUT2D eigenvalue weighted by Gasteiger charge is 2.39. The van der Waals surface area contributed by atoms with Gasteiger partial charge in [-0.15, -0.1) is 0 Å². The molecule has 2 aliphatic rings. The van der Waals surface area contributed by atoms with Crippen molar-refractivity contribution in [1.82, 2.24) is 15.6 Å².